The van der Waals surface area contributed by atoms with Crippen LogP contribution in [0, 0.1) is 6.92 Å². The van der Waals surface area contributed by atoms with Gasteiger partial charge in [-0.1, -0.05) is 55.5 Å². The number of nitrogens with two attached hydrogens (primary N) is 1. The Morgan fingerprint density at radius 3 is 2.67 bits per heavy atom. The van der Waals surface area contributed by atoms with E-state index in [1.165, 1.54) is 5.56 Å². The Morgan fingerprint density at radius 2 is 1.96 bits per heavy atom. The fraction of sp³-hybridized carbons (Fsp3) is 0.273. The number of carbonyl (C=O) groups is 1. The van der Waals surface area contributed by atoms with E-state index in [4.69, 9.17) is 10.5 Å². The first-order valence-corrected chi connectivity index (χ1v) is 9.09. The number of imidazole rings is 1. The van der Waals surface area contributed by atoms with Gasteiger partial charge in [-0.05, 0) is 35.6 Å². The maximum atomic E-state index is 12.3. The summed E-state index contributed by atoms with van der Waals surface area (Å²) in [6, 6.07) is 15.1. The third kappa shape index (κ3) is 4.63. The first-order valence-electron chi connectivity index (χ1n) is 9.09. The second-order valence-electron chi connectivity index (χ2n) is 6.75. The van der Waals surface area contributed by atoms with E-state index in [0.29, 0.717) is 6.42 Å². The normalized spacial score (nSPS) is 13.1. The van der Waals surface area contributed by atoms with E-state index in [1.54, 1.807) is 6.33 Å². The minimum absolute atomic E-state index is 0.159. The quantitative estimate of drug-likeness (QED) is 0.630. The highest BCUT2D eigenvalue weighted by Gasteiger charge is 2.18. The molecule has 0 saturated heterocycles. The number of hydrogen-bond donors (Lipinski definition) is 2. The molecule has 5 nitrogen and oxygen atoms in total. The van der Waals surface area contributed by atoms with Gasteiger partial charge in [-0.2, -0.15) is 0 Å². The lowest BCUT2D eigenvalue weighted by atomic mass is 9.91. The Morgan fingerprint density at radius 1 is 1.19 bits per heavy atom. The van der Waals surface area contributed by atoms with Gasteiger partial charge in [-0.25, -0.2) is 4.98 Å². The number of carbonyl (C=O) groups excluding carboxylic acids is 1. The fourth-order valence-corrected chi connectivity index (χ4v) is 3.20. The van der Waals surface area contributed by atoms with Crippen LogP contribution < -0.4 is 5.73 Å². The predicted molar refractivity (Wildman–Crippen MR) is 105 cm³/mol. The zero-order valence-electron chi connectivity index (χ0n) is 15.7. The molecule has 0 saturated carbocycles. The van der Waals surface area contributed by atoms with E-state index < -0.39 is 6.04 Å². The van der Waals surface area contributed by atoms with Crippen molar-refractivity contribution in [2.75, 3.05) is 0 Å². The highest BCUT2D eigenvalue weighted by atomic mass is 16.5. The number of benzene rings is 2. The monoisotopic (exact) mass is 363 g/mol. The summed E-state index contributed by atoms with van der Waals surface area (Å²) in [6.45, 7) is 4.38. The van der Waals surface area contributed by atoms with Crippen molar-refractivity contribution in [3.8, 4) is 0 Å². The second-order valence-corrected chi connectivity index (χ2v) is 6.75. The standard InChI is InChI=1S/C22H25N3O2/c1-15-18(9-6-10-19(15)16(2)21-12-24-14-25-21)13-27-22(26)20(23)11-17-7-4-3-5-8-17/h3-10,12,14,16,20H,11,13,23H2,1-2H3,(H,24,25)/t16-,20?/m0/s1. The van der Waals surface area contributed by atoms with Gasteiger partial charge in [0.25, 0.3) is 0 Å². The first kappa shape index (κ1) is 18.9. The van der Waals surface area contributed by atoms with Gasteiger partial charge < -0.3 is 15.5 Å². The molecule has 2 aromatic carbocycles. The molecule has 0 radical (unpaired) electrons. The number of rotatable bonds is 7. The Hall–Kier alpha value is -2.92. The molecule has 3 rings (SSSR count). The molecule has 0 aliphatic carbocycles. The van der Waals surface area contributed by atoms with Crippen LogP contribution in [0.4, 0.5) is 0 Å². The van der Waals surface area contributed by atoms with Crippen LogP contribution >= 0.6 is 0 Å². The van der Waals surface area contributed by atoms with E-state index in [9.17, 15) is 4.79 Å². The molecule has 1 unspecified atom stereocenters. The van der Waals surface area contributed by atoms with Crippen molar-refractivity contribution in [1.82, 2.24) is 9.97 Å². The maximum Gasteiger partial charge on any atom is 0.323 e. The maximum absolute atomic E-state index is 12.3. The molecule has 1 heterocycles. The molecule has 27 heavy (non-hydrogen) atoms. The van der Waals surface area contributed by atoms with E-state index in [0.717, 1.165) is 22.4 Å². The molecule has 0 amide bonds. The van der Waals surface area contributed by atoms with Crippen molar-refractivity contribution >= 4 is 5.97 Å². The van der Waals surface area contributed by atoms with E-state index in [1.807, 2.05) is 55.6 Å². The lowest BCUT2D eigenvalue weighted by Crippen LogP contribution is -2.34. The van der Waals surface area contributed by atoms with Gasteiger partial charge in [-0.15, -0.1) is 0 Å². The van der Waals surface area contributed by atoms with Crippen LogP contribution in [0.5, 0.6) is 0 Å². The van der Waals surface area contributed by atoms with Crippen LogP contribution in [0.2, 0.25) is 0 Å². The number of aromatic nitrogens is 2. The zero-order chi connectivity index (χ0) is 19.2. The molecule has 0 bridgehead atoms. The summed E-state index contributed by atoms with van der Waals surface area (Å²) >= 11 is 0. The number of esters is 1. The zero-order valence-corrected chi connectivity index (χ0v) is 15.7. The first-order chi connectivity index (χ1) is 13.1. The molecule has 0 aliphatic rings. The number of aromatic amines is 1. The molecular weight excluding hydrogens is 338 g/mol. The van der Waals surface area contributed by atoms with Gasteiger partial charge in [0.05, 0.1) is 12.0 Å². The van der Waals surface area contributed by atoms with Crippen LogP contribution in [-0.2, 0) is 22.6 Å². The summed E-state index contributed by atoms with van der Waals surface area (Å²) in [5, 5.41) is 0. The molecule has 0 aliphatic heterocycles. The van der Waals surface area contributed by atoms with Crippen molar-refractivity contribution < 1.29 is 9.53 Å². The molecule has 3 aromatic rings. The summed E-state index contributed by atoms with van der Waals surface area (Å²) in [5.41, 5.74) is 11.3. The van der Waals surface area contributed by atoms with Crippen LogP contribution in [0.1, 0.15) is 40.8 Å². The summed E-state index contributed by atoms with van der Waals surface area (Å²) in [6.07, 6.45) is 4.05. The Balaban J connectivity index is 1.64. The Kier molecular flexibility index (Phi) is 6.04. The van der Waals surface area contributed by atoms with Crippen molar-refractivity contribution in [3.63, 3.8) is 0 Å². The SMILES string of the molecule is Cc1c(COC(=O)C(N)Cc2ccccc2)cccc1[C@H](C)c1c[nH]cn1. The summed E-state index contributed by atoms with van der Waals surface area (Å²) in [4.78, 5) is 19.6. The minimum Gasteiger partial charge on any atom is -0.460 e. The van der Waals surface area contributed by atoms with Crippen molar-refractivity contribution in [1.29, 1.82) is 0 Å². The molecule has 140 valence electrons. The summed E-state index contributed by atoms with van der Waals surface area (Å²) in [5.74, 6) is -0.226. The second kappa shape index (κ2) is 8.64. The average molecular weight is 363 g/mol. The Labute approximate surface area is 159 Å². The Bertz CT molecular complexity index is 876. The lowest BCUT2D eigenvalue weighted by molar-refractivity contribution is -0.146. The molecule has 3 N–H and O–H groups in total. The minimum atomic E-state index is -0.668. The van der Waals surface area contributed by atoms with Gasteiger partial charge in [0, 0.05) is 12.1 Å². The van der Waals surface area contributed by atoms with Gasteiger partial charge in [0.2, 0.25) is 0 Å². The average Bonchev–Trinajstić information content (AvgIpc) is 3.22. The van der Waals surface area contributed by atoms with Gasteiger partial charge in [-0.3, -0.25) is 4.79 Å². The van der Waals surface area contributed by atoms with Gasteiger partial charge >= 0.3 is 5.97 Å². The van der Waals surface area contributed by atoms with Crippen LogP contribution in [-0.4, -0.2) is 22.0 Å². The molecule has 5 heteroatoms. The van der Waals surface area contributed by atoms with Gasteiger partial charge in [0.15, 0.2) is 0 Å². The largest absolute Gasteiger partial charge is 0.460 e. The molecule has 1 aromatic heterocycles. The number of nitrogens with zero attached hydrogens (tertiary/aromatic N) is 1. The summed E-state index contributed by atoms with van der Waals surface area (Å²) < 4.78 is 5.48. The highest BCUT2D eigenvalue weighted by Crippen LogP contribution is 2.27. The summed E-state index contributed by atoms with van der Waals surface area (Å²) in [7, 11) is 0. The van der Waals surface area contributed by atoms with E-state index in [2.05, 4.69) is 23.0 Å². The number of nitrogens with one attached hydrogen (secondary N) is 1. The molecule has 0 fully saturated rings. The predicted octanol–water partition coefficient (Wildman–Crippen LogP) is 3.48. The van der Waals surface area contributed by atoms with Gasteiger partial charge in [0.1, 0.15) is 12.6 Å². The molecule has 2 atom stereocenters. The van der Waals surface area contributed by atoms with Crippen LogP contribution in [0.3, 0.4) is 0 Å². The number of hydrogen-bond acceptors (Lipinski definition) is 4. The topological polar surface area (TPSA) is 81.0 Å². The van der Waals surface area contributed by atoms with Crippen LogP contribution in [0.15, 0.2) is 61.1 Å². The van der Waals surface area contributed by atoms with Crippen molar-refractivity contribution in [2.45, 2.75) is 38.8 Å². The number of H-pyrrole nitrogens is 1. The molecular formula is C22H25N3O2. The number of ether oxygens (including phenoxy) is 1. The van der Waals surface area contributed by atoms with E-state index in [-0.39, 0.29) is 18.5 Å². The van der Waals surface area contributed by atoms with Crippen molar-refractivity contribution in [3.05, 3.63) is 89.0 Å². The third-order valence-electron chi connectivity index (χ3n) is 4.89. The van der Waals surface area contributed by atoms with Crippen LogP contribution in [0.25, 0.3) is 0 Å². The highest BCUT2D eigenvalue weighted by molar-refractivity contribution is 5.76. The lowest BCUT2D eigenvalue weighted by Gasteiger charge is -2.17. The van der Waals surface area contributed by atoms with E-state index >= 15 is 0 Å². The molecule has 0 spiro atoms. The third-order valence-corrected chi connectivity index (χ3v) is 4.89. The van der Waals surface area contributed by atoms with Crippen molar-refractivity contribution in [2.24, 2.45) is 5.73 Å². The smallest absolute Gasteiger partial charge is 0.323 e. The fourth-order valence-electron chi connectivity index (χ4n) is 3.20.